The molecule has 2 aliphatic rings. The number of sulfonamides is 1. The number of piperazine rings is 1. The Labute approximate surface area is 165 Å². The van der Waals surface area contributed by atoms with Gasteiger partial charge in [-0.2, -0.15) is 9.29 Å². The van der Waals surface area contributed by atoms with E-state index >= 15 is 0 Å². The molecule has 0 aliphatic carbocycles. The van der Waals surface area contributed by atoms with Gasteiger partial charge >= 0.3 is 0 Å². The molecule has 28 heavy (non-hydrogen) atoms. The fourth-order valence-electron chi connectivity index (χ4n) is 3.45. The minimum Gasteiger partial charge on any atom is -0.378 e. The van der Waals surface area contributed by atoms with Gasteiger partial charge in [0.05, 0.1) is 18.1 Å². The molecule has 8 nitrogen and oxygen atoms in total. The summed E-state index contributed by atoms with van der Waals surface area (Å²) >= 11 is 0. The van der Waals surface area contributed by atoms with Crippen molar-refractivity contribution in [2.45, 2.75) is 11.8 Å². The second-order valence-electron chi connectivity index (χ2n) is 7.02. The van der Waals surface area contributed by atoms with E-state index in [0.717, 1.165) is 24.5 Å². The Kier molecular flexibility index (Phi) is 5.47. The van der Waals surface area contributed by atoms with E-state index in [1.54, 1.807) is 22.6 Å². The smallest absolute Gasteiger partial charge is 0.243 e. The van der Waals surface area contributed by atoms with Crippen molar-refractivity contribution in [3.63, 3.8) is 0 Å². The van der Waals surface area contributed by atoms with E-state index in [2.05, 4.69) is 14.8 Å². The van der Waals surface area contributed by atoms with Gasteiger partial charge in [-0.1, -0.05) is 17.7 Å². The molecule has 0 unspecified atom stereocenters. The van der Waals surface area contributed by atoms with Crippen molar-refractivity contribution in [2.24, 2.45) is 0 Å². The maximum atomic E-state index is 12.9. The molecule has 2 aromatic rings. The van der Waals surface area contributed by atoms with Crippen LogP contribution in [0.2, 0.25) is 0 Å². The van der Waals surface area contributed by atoms with Gasteiger partial charge in [0, 0.05) is 45.5 Å². The van der Waals surface area contributed by atoms with E-state index < -0.39 is 10.0 Å². The molecule has 0 N–H and O–H groups in total. The summed E-state index contributed by atoms with van der Waals surface area (Å²) in [5.74, 6) is 1.54. The van der Waals surface area contributed by atoms with Gasteiger partial charge in [0.25, 0.3) is 0 Å². The molecule has 0 bridgehead atoms. The first-order valence-corrected chi connectivity index (χ1v) is 11.0. The number of ether oxygens (including phenoxy) is 1. The Hall–Kier alpha value is -2.23. The van der Waals surface area contributed by atoms with E-state index in [4.69, 9.17) is 9.72 Å². The van der Waals surface area contributed by atoms with Crippen LogP contribution >= 0.6 is 0 Å². The van der Waals surface area contributed by atoms with Gasteiger partial charge in [0.1, 0.15) is 5.82 Å². The fourth-order valence-corrected chi connectivity index (χ4v) is 4.87. The highest BCUT2D eigenvalue weighted by molar-refractivity contribution is 7.89. The van der Waals surface area contributed by atoms with Gasteiger partial charge in [-0.3, -0.25) is 0 Å². The molecule has 0 atom stereocenters. The Bertz CT molecular complexity index is 905. The van der Waals surface area contributed by atoms with Gasteiger partial charge in [-0.05, 0) is 25.1 Å². The maximum absolute atomic E-state index is 12.9. The molecular weight excluding hydrogens is 378 g/mol. The fraction of sp³-hybridized carbons (Fsp3) is 0.474. The number of benzene rings is 1. The van der Waals surface area contributed by atoms with Crippen LogP contribution in [0.3, 0.4) is 0 Å². The molecule has 2 saturated heterocycles. The number of rotatable bonds is 4. The summed E-state index contributed by atoms with van der Waals surface area (Å²) in [6, 6.07) is 8.90. The van der Waals surface area contributed by atoms with Crippen molar-refractivity contribution < 1.29 is 13.2 Å². The van der Waals surface area contributed by atoms with Crippen LogP contribution in [-0.4, -0.2) is 75.2 Å². The zero-order chi connectivity index (χ0) is 19.6. The predicted molar refractivity (Wildman–Crippen MR) is 107 cm³/mol. The summed E-state index contributed by atoms with van der Waals surface area (Å²) < 4.78 is 32.7. The topological polar surface area (TPSA) is 78.9 Å². The number of aryl methyl sites for hydroxylation is 1. The lowest BCUT2D eigenvalue weighted by Crippen LogP contribution is -2.49. The molecular formula is C19H25N5O3S. The molecule has 4 rings (SSSR count). The second-order valence-corrected chi connectivity index (χ2v) is 8.96. The summed E-state index contributed by atoms with van der Waals surface area (Å²) in [6.45, 7) is 6.96. The third kappa shape index (κ3) is 3.96. The molecule has 0 radical (unpaired) electrons. The van der Waals surface area contributed by atoms with Crippen LogP contribution in [0.4, 0.5) is 11.8 Å². The van der Waals surface area contributed by atoms with Crippen LogP contribution < -0.4 is 9.80 Å². The van der Waals surface area contributed by atoms with E-state index in [-0.39, 0.29) is 0 Å². The Morgan fingerprint density at radius 2 is 1.57 bits per heavy atom. The standard InChI is InChI=1S/C19H25N5O3S/c1-16-2-4-17(5-3-16)28(25,26)24-10-8-22(9-11-24)18-6-7-20-19(21-18)23-12-14-27-15-13-23/h2-7H,8-15H2,1H3. The zero-order valence-corrected chi connectivity index (χ0v) is 16.8. The summed E-state index contributed by atoms with van der Waals surface area (Å²) in [6.07, 6.45) is 1.77. The van der Waals surface area contributed by atoms with Crippen LogP contribution in [-0.2, 0) is 14.8 Å². The number of aromatic nitrogens is 2. The third-order valence-corrected chi connectivity index (χ3v) is 7.06. The Morgan fingerprint density at radius 3 is 2.25 bits per heavy atom. The summed E-state index contributed by atoms with van der Waals surface area (Å²) in [5.41, 5.74) is 1.05. The lowest BCUT2D eigenvalue weighted by atomic mass is 10.2. The van der Waals surface area contributed by atoms with E-state index in [1.165, 1.54) is 0 Å². The number of anilines is 2. The van der Waals surface area contributed by atoms with Crippen LogP contribution in [0.1, 0.15) is 5.56 Å². The first kappa shape index (κ1) is 19.1. The van der Waals surface area contributed by atoms with Gasteiger partial charge in [0.15, 0.2) is 0 Å². The van der Waals surface area contributed by atoms with E-state index in [0.29, 0.717) is 50.2 Å². The molecule has 1 aromatic carbocycles. The molecule has 2 aliphatic heterocycles. The largest absolute Gasteiger partial charge is 0.378 e. The minimum atomic E-state index is -3.46. The molecule has 0 amide bonds. The van der Waals surface area contributed by atoms with E-state index in [9.17, 15) is 8.42 Å². The SMILES string of the molecule is Cc1ccc(S(=O)(=O)N2CCN(c3ccnc(N4CCOCC4)n3)CC2)cc1. The average Bonchev–Trinajstić information content (AvgIpc) is 2.75. The van der Waals surface area contributed by atoms with Crippen LogP contribution in [0.5, 0.6) is 0 Å². The van der Waals surface area contributed by atoms with E-state index in [1.807, 2.05) is 25.1 Å². The van der Waals surface area contributed by atoms with Crippen molar-refractivity contribution in [1.82, 2.24) is 14.3 Å². The van der Waals surface area contributed by atoms with Crippen molar-refractivity contribution in [1.29, 1.82) is 0 Å². The Morgan fingerprint density at radius 1 is 0.893 bits per heavy atom. The van der Waals surface area contributed by atoms with Gasteiger partial charge < -0.3 is 14.5 Å². The zero-order valence-electron chi connectivity index (χ0n) is 16.0. The third-order valence-electron chi connectivity index (χ3n) is 5.14. The predicted octanol–water partition coefficient (Wildman–Crippen LogP) is 1.13. The molecule has 1 aromatic heterocycles. The first-order valence-electron chi connectivity index (χ1n) is 9.51. The second kappa shape index (κ2) is 8.02. The average molecular weight is 404 g/mol. The van der Waals surface area contributed by atoms with Gasteiger partial charge in [-0.25, -0.2) is 13.4 Å². The first-order chi connectivity index (χ1) is 13.5. The van der Waals surface area contributed by atoms with Gasteiger partial charge in [-0.15, -0.1) is 0 Å². The van der Waals surface area contributed by atoms with Crippen LogP contribution in [0, 0.1) is 6.92 Å². The van der Waals surface area contributed by atoms with Gasteiger partial charge in [0.2, 0.25) is 16.0 Å². The van der Waals surface area contributed by atoms with Crippen molar-refractivity contribution in [2.75, 3.05) is 62.3 Å². The summed E-state index contributed by atoms with van der Waals surface area (Å²) in [4.78, 5) is 13.7. The number of hydrogen-bond donors (Lipinski definition) is 0. The van der Waals surface area contributed by atoms with Crippen LogP contribution in [0.25, 0.3) is 0 Å². The number of hydrogen-bond acceptors (Lipinski definition) is 7. The summed E-state index contributed by atoms with van der Waals surface area (Å²) in [5, 5.41) is 0. The highest BCUT2D eigenvalue weighted by atomic mass is 32.2. The highest BCUT2D eigenvalue weighted by Gasteiger charge is 2.29. The minimum absolute atomic E-state index is 0.350. The molecule has 0 saturated carbocycles. The monoisotopic (exact) mass is 403 g/mol. The Balaban J connectivity index is 1.43. The van der Waals surface area contributed by atoms with Crippen molar-refractivity contribution in [3.8, 4) is 0 Å². The quantitative estimate of drug-likeness (QED) is 0.757. The maximum Gasteiger partial charge on any atom is 0.243 e. The number of nitrogens with zero attached hydrogens (tertiary/aromatic N) is 5. The van der Waals surface area contributed by atoms with Crippen LogP contribution in [0.15, 0.2) is 41.4 Å². The molecule has 150 valence electrons. The number of morpholine rings is 1. The lowest BCUT2D eigenvalue weighted by Gasteiger charge is -2.35. The van der Waals surface area contributed by atoms with Crippen molar-refractivity contribution in [3.05, 3.63) is 42.1 Å². The molecule has 2 fully saturated rings. The molecule has 0 spiro atoms. The highest BCUT2D eigenvalue weighted by Crippen LogP contribution is 2.21. The summed E-state index contributed by atoms with van der Waals surface area (Å²) in [7, 11) is -3.46. The lowest BCUT2D eigenvalue weighted by molar-refractivity contribution is 0.122. The van der Waals surface area contributed by atoms with Crippen molar-refractivity contribution >= 4 is 21.8 Å². The normalized spacial score (nSPS) is 19.0. The molecule has 3 heterocycles. The molecule has 9 heteroatoms.